The summed E-state index contributed by atoms with van der Waals surface area (Å²) in [6.07, 6.45) is 2.59. The number of amides is 1. The lowest BCUT2D eigenvalue weighted by Gasteiger charge is -2.11. The lowest BCUT2D eigenvalue weighted by Crippen LogP contribution is -2.31. The van der Waals surface area contributed by atoms with E-state index in [2.05, 4.69) is 19.2 Å². The lowest BCUT2D eigenvalue weighted by atomic mass is 10.0. The second-order valence-electron chi connectivity index (χ2n) is 6.06. The number of carbonyl (C=O) groups is 1. The fourth-order valence-corrected chi connectivity index (χ4v) is 2.23. The molecule has 2 N–H and O–H groups in total. The first-order valence-corrected chi connectivity index (χ1v) is 7.74. The second kappa shape index (κ2) is 7.46. The predicted octanol–water partition coefficient (Wildman–Crippen LogP) is 2.47. The molecule has 0 heterocycles. The van der Waals surface area contributed by atoms with Gasteiger partial charge in [0, 0.05) is 6.54 Å². The van der Waals surface area contributed by atoms with Gasteiger partial charge in [0.2, 0.25) is 0 Å². The first-order valence-electron chi connectivity index (χ1n) is 7.74. The first kappa shape index (κ1) is 15.8. The molecule has 0 radical (unpaired) electrons. The number of nitrogens with one attached hydrogen (secondary N) is 1. The minimum absolute atomic E-state index is 0.0144. The van der Waals surface area contributed by atoms with Crippen LogP contribution in [0.5, 0.6) is 5.75 Å². The van der Waals surface area contributed by atoms with Crippen molar-refractivity contribution in [2.45, 2.75) is 45.1 Å². The van der Waals surface area contributed by atoms with Gasteiger partial charge >= 0.3 is 0 Å². The van der Waals surface area contributed by atoms with Crippen molar-refractivity contribution in [3.63, 3.8) is 0 Å². The SMILES string of the molecule is CC(C)c1ccc(OCC(=O)NCC[C@@H](O)C2CC2)cc1. The molecule has 0 aromatic heterocycles. The summed E-state index contributed by atoms with van der Waals surface area (Å²) in [5.41, 5.74) is 1.25. The Morgan fingerprint density at radius 2 is 2.00 bits per heavy atom. The van der Waals surface area contributed by atoms with E-state index in [0.29, 0.717) is 30.6 Å². The van der Waals surface area contributed by atoms with Gasteiger partial charge in [0.25, 0.3) is 5.91 Å². The molecular formula is C17H25NO3. The van der Waals surface area contributed by atoms with Gasteiger partial charge in [-0.3, -0.25) is 4.79 Å². The van der Waals surface area contributed by atoms with Crippen LogP contribution in [0.15, 0.2) is 24.3 Å². The van der Waals surface area contributed by atoms with Crippen molar-refractivity contribution in [1.29, 1.82) is 0 Å². The molecule has 1 aliphatic carbocycles. The highest BCUT2D eigenvalue weighted by Crippen LogP contribution is 2.33. The summed E-state index contributed by atoms with van der Waals surface area (Å²) in [6.45, 7) is 4.80. The van der Waals surface area contributed by atoms with Gasteiger partial charge in [-0.2, -0.15) is 0 Å². The molecule has 0 aliphatic heterocycles. The van der Waals surface area contributed by atoms with Crippen LogP contribution in [-0.2, 0) is 4.79 Å². The van der Waals surface area contributed by atoms with E-state index in [9.17, 15) is 9.90 Å². The molecule has 4 nitrogen and oxygen atoms in total. The molecule has 0 bridgehead atoms. The van der Waals surface area contributed by atoms with Crippen molar-refractivity contribution in [2.24, 2.45) is 5.92 Å². The molecule has 1 saturated carbocycles. The van der Waals surface area contributed by atoms with Gasteiger partial charge in [0.1, 0.15) is 5.75 Å². The molecule has 21 heavy (non-hydrogen) atoms. The van der Waals surface area contributed by atoms with Gasteiger partial charge in [-0.05, 0) is 48.8 Å². The molecular weight excluding hydrogens is 266 g/mol. The number of carbonyl (C=O) groups excluding carboxylic acids is 1. The number of ether oxygens (including phenoxy) is 1. The third-order valence-electron chi connectivity index (χ3n) is 3.85. The van der Waals surface area contributed by atoms with Crippen molar-refractivity contribution in [3.8, 4) is 5.75 Å². The fourth-order valence-electron chi connectivity index (χ4n) is 2.23. The Morgan fingerprint density at radius 1 is 1.33 bits per heavy atom. The Balaban J connectivity index is 1.63. The van der Waals surface area contributed by atoms with E-state index >= 15 is 0 Å². The molecule has 1 aromatic rings. The van der Waals surface area contributed by atoms with Crippen LogP contribution in [0.3, 0.4) is 0 Å². The Kier molecular flexibility index (Phi) is 5.62. The number of aliphatic hydroxyl groups is 1. The fraction of sp³-hybridized carbons (Fsp3) is 0.588. The summed E-state index contributed by atoms with van der Waals surface area (Å²) in [5, 5.41) is 12.5. The Labute approximate surface area is 126 Å². The van der Waals surface area contributed by atoms with Crippen molar-refractivity contribution in [1.82, 2.24) is 5.32 Å². The maximum atomic E-state index is 11.6. The van der Waals surface area contributed by atoms with Gasteiger partial charge in [0.15, 0.2) is 6.61 Å². The minimum Gasteiger partial charge on any atom is -0.484 e. The van der Waals surface area contributed by atoms with Crippen LogP contribution in [0.25, 0.3) is 0 Å². The molecule has 116 valence electrons. The van der Waals surface area contributed by atoms with Crippen molar-refractivity contribution < 1.29 is 14.6 Å². The zero-order valence-electron chi connectivity index (χ0n) is 12.8. The Hall–Kier alpha value is -1.55. The molecule has 0 unspecified atom stereocenters. The van der Waals surface area contributed by atoms with Crippen LogP contribution >= 0.6 is 0 Å². The number of aliphatic hydroxyl groups excluding tert-OH is 1. The number of rotatable bonds is 8. The average molecular weight is 291 g/mol. The van der Waals surface area contributed by atoms with Crippen LogP contribution in [0, 0.1) is 5.92 Å². The van der Waals surface area contributed by atoms with E-state index in [1.165, 1.54) is 5.56 Å². The third kappa shape index (κ3) is 5.38. The molecule has 0 spiro atoms. The molecule has 1 amide bonds. The van der Waals surface area contributed by atoms with Crippen LogP contribution in [0.4, 0.5) is 0 Å². The third-order valence-corrected chi connectivity index (χ3v) is 3.85. The van der Waals surface area contributed by atoms with Gasteiger partial charge in [-0.25, -0.2) is 0 Å². The summed E-state index contributed by atoms with van der Waals surface area (Å²) >= 11 is 0. The monoisotopic (exact) mass is 291 g/mol. The highest BCUT2D eigenvalue weighted by atomic mass is 16.5. The van der Waals surface area contributed by atoms with E-state index in [1.807, 2.05) is 24.3 Å². The van der Waals surface area contributed by atoms with Gasteiger partial charge < -0.3 is 15.2 Å². The minimum atomic E-state index is -0.269. The zero-order chi connectivity index (χ0) is 15.2. The smallest absolute Gasteiger partial charge is 0.257 e. The van der Waals surface area contributed by atoms with Crippen LogP contribution in [0.1, 0.15) is 44.6 Å². The maximum absolute atomic E-state index is 11.6. The highest BCUT2D eigenvalue weighted by molar-refractivity contribution is 5.77. The molecule has 0 saturated heterocycles. The average Bonchev–Trinajstić information content (AvgIpc) is 3.30. The normalized spacial score (nSPS) is 15.8. The Bertz CT molecular complexity index is 452. The van der Waals surface area contributed by atoms with Crippen LogP contribution < -0.4 is 10.1 Å². The molecule has 2 rings (SSSR count). The number of hydrogen-bond acceptors (Lipinski definition) is 3. The quantitative estimate of drug-likeness (QED) is 0.773. The van der Waals surface area contributed by atoms with Crippen molar-refractivity contribution in [3.05, 3.63) is 29.8 Å². The van der Waals surface area contributed by atoms with E-state index in [0.717, 1.165) is 12.8 Å². The van der Waals surface area contributed by atoms with Crippen molar-refractivity contribution >= 4 is 5.91 Å². The largest absolute Gasteiger partial charge is 0.484 e. The summed E-state index contributed by atoms with van der Waals surface area (Å²) in [5.74, 6) is 1.50. The lowest BCUT2D eigenvalue weighted by molar-refractivity contribution is -0.123. The number of benzene rings is 1. The summed E-state index contributed by atoms with van der Waals surface area (Å²) in [7, 11) is 0. The summed E-state index contributed by atoms with van der Waals surface area (Å²) in [6, 6.07) is 7.81. The summed E-state index contributed by atoms with van der Waals surface area (Å²) in [4.78, 5) is 11.6. The Morgan fingerprint density at radius 3 is 2.57 bits per heavy atom. The second-order valence-corrected chi connectivity index (χ2v) is 6.06. The molecule has 1 aromatic carbocycles. The molecule has 1 atom stereocenters. The van der Waals surface area contributed by atoms with Gasteiger partial charge in [-0.15, -0.1) is 0 Å². The van der Waals surface area contributed by atoms with E-state index in [-0.39, 0.29) is 18.6 Å². The zero-order valence-corrected chi connectivity index (χ0v) is 12.8. The molecule has 1 aliphatic rings. The van der Waals surface area contributed by atoms with Gasteiger partial charge in [-0.1, -0.05) is 26.0 Å². The maximum Gasteiger partial charge on any atom is 0.257 e. The van der Waals surface area contributed by atoms with Crippen molar-refractivity contribution in [2.75, 3.05) is 13.2 Å². The van der Waals surface area contributed by atoms with E-state index < -0.39 is 0 Å². The van der Waals surface area contributed by atoms with E-state index in [4.69, 9.17) is 4.74 Å². The highest BCUT2D eigenvalue weighted by Gasteiger charge is 2.29. The first-order chi connectivity index (χ1) is 10.1. The van der Waals surface area contributed by atoms with Gasteiger partial charge in [0.05, 0.1) is 6.10 Å². The van der Waals surface area contributed by atoms with E-state index in [1.54, 1.807) is 0 Å². The number of hydrogen-bond donors (Lipinski definition) is 2. The molecule has 1 fully saturated rings. The topological polar surface area (TPSA) is 58.6 Å². The van der Waals surface area contributed by atoms with Crippen LogP contribution in [0.2, 0.25) is 0 Å². The van der Waals surface area contributed by atoms with Crippen LogP contribution in [-0.4, -0.2) is 30.3 Å². The standard InChI is InChI=1S/C17H25NO3/c1-12(2)13-5-7-15(8-6-13)21-11-17(20)18-10-9-16(19)14-3-4-14/h5-8,12,14,16,19H,3-4,9-11H2,1-2H3,(H,18,20)/t16-/m1/s1. The predicted molar refractivity (Wildman–Crippen MR) is 82.4 cm³/mol. The molecule has 4 heteroatoms. The summed E-state index contributed by atoms with van der Waals surface area (Å²) < 4.78 is 5.45.